The first-order valence-electron chi connectivity index (χ1n) is 11.8. The molecule has 0 aliphatic heterocycles. The number of aromatic nitrogens is 6. The van der Waals surface area contributed by atoms with E-state index in [4.69, 9.17) is 14.5 Å². The summed E-state index contributed by atoms with van der Waals surface area (Å²) in [7, 11) is 1.38. The lowest BCUT2D eigenvalue weighted by molar-refractivity contribution is 0.0602. The minimum absolute atomic E-state index is 0.424. The molecule has 182 valence electrons. The smallest absolute Gasteiger partial charge is 0.340 e. The molecule has 5 aromatic rings. The molecule has 0 aliphatic rings. The SMILES string of the molecule is CCCCOc1nc2c(C)ccc(C(=O)OC)c2n1-c1ccc(-c2ccccc2-c2nn[nH]n2)cc1. The Bertz CT molecular complexity index is 1510. The van der Waals surface area contributed by atoms with E-state index < -0.39 is 5.97 Å². The molecule has 9 nitrogen and oxygen atoms in total. The van der Waals surface area contributed by atoms with Crippen LogP contribution < -0.4 is 4.74 Å². The standard InChI is InChI=1S/C27H26N6O3/c1-4-5-16-36-27-28-23-17(2)10-15-22(26(34)35-3)24(23)33(27)19-13-11-18(12-14-19)20-8-6-7-9-21(20)25-29-31-32-30-25/h6-15H,4-5,16H2,1-3H3,(H,29,30,31,32). The average molecular weight is 483 g/mol. The zero-order chi connectivity index (χ0) is 25.1. The van der Waals surface area contributed by atoms with Crippen LogP contribution in [-0.2, 0) is 4.74 Å². The molecule has 1 N–H and O–H groups in total. The lowest BCUT2D eigenvalue weighted by atomic mass is 9.99. The molecule has 0 saturated heterocycles. The third-order valence-corrected chi connectivity index (χ3v) is 6.06. The fourth-order valence-corrected chi connectivity index (χ4v) is 4.20. The van der Waals surface area contributed by atoms with Crippen LogP contribution in [0.15, 0.2) is 60.7 Å². The highest BCUT2D eigenvalue weighted by Crippen LogP contribution is 2.34. The number of nitrogens with one attached hydrogen (secondary N) is 1. The normalized spacial score (nSPS) is 11.1. The van der Waals surface area contributed by atoms with Crippen molar-refractivity contribution < 1.29 is 14.3 Å². The van der Waals surface area contributed by atoms with Crippen LogP contribution in [0.25, 0.3) is 39.2 Å². The third kappa shape index (κ3) is 4.19. The minimum atomic E-state index is -0.424. The predicted octanol–water partition coefficient (Wildman–Crippen LogP) is 5.15. The molecule has 0 amide bonds. The average Bonchev–Trinajstić information content (AvgIpc) is 3.58. The summed E-state index contributed by atoms with van der Waals surface area (Å²) in [5.41, 5.74) is 6.40. The van der Waals surface area contributed by atoms with Crippen molar-refractivity contribution in [3.63, 3.8) is 0 Å². The molecule has 36 heavy (non-hydrogen) atoms. The third-order valence-electron chi connectivity index (χ3n) is 6.06. The van der Waals surface area contributed by atoms with Gasteiger partial charge in [0.05, 0.1) is 36.0 Å². The summed E-state index contributed by atoms with van der Waals surface area (Å²) < 4.78 is 13.1. The number of hydrogen-bond acceptors (Lipinski definition) is 7. The number of tetrazole rings is 1. The molecule has 0 spiro atoms. The highest BCUT2D eigenvalue weighted by atomic mass is 16.5. The number of unbranched alkanes of at least 4 members (excludes halogenated alkanes) is 1. The largest absolute Gasteiger partial charge is 0.465 e. The number of ether oxygens (including phenoxy) is 2. The highest BCUT2D eigenvalue weighted by molar-refractivity contribution is 6.04. The molecule has 9 heteroatoms. The number of methoxy groups -OCH3 is 1. The van der Waals surface area contributed by atoms with E-state index in [0.717, 1.165) is 40.8 Å². The zero-order valence-corrected chi connectivity index (χ0v) is 20.4. The Labute approximate surface area is 208 Å². The molecular weight excluding hydrogens is 456 g/mol. The number of benzene rings is 3. The van der Waals surface area contributed by atoms with Crippen molar-refractivity contribution in [2.45, 2.75) is 26.7 Å². The maximum Gasteiger partial charge on any atom is 0.340 e. The Morgan fingerprint density at radius 1 is 1.03 bits per heavy atom. The topological polar surface area (TPSA) is 108 Å². The van der Waals surface area contributed by atoms with Crippen molar-refractivity contribution in [3.05, 3.63) is 71.8 Å². The van der Waals surface area contributed by atoms with E-state index in [0.29, 0.717) is 35.0 Å². The van der Waals surface area contributed by atoms with Crippen molar-refractivity contribution in [3.8, 4) is 34.2 Å². The second-order valence-corrected chi connectivity index (χ2v) is 8.38. The Morgan fingerprint density at radius 3 is 2.50 bits per heavy atom. The van der Waals surface area contributed by atoms with Crippen LogP contribution in [0.3, 0.4) is 0 Å². The lowest BCUT2D eigenvalue weighted by Crippen LogP contribution is -2.07. The monoisotopic (exact) mass is 482 g/mol. The van der Waals surface area contributed by atoms with Gasteiger partial charge in [-0.3, -0.25) is 4.57 Å². The van der Waals surface area contributed by atoms with Gasteiger partial charge in [0.1, 0.15) is 0 Å². The summed E-state index contributed by atoms with van der Waals surface area (Å²) in [5, 5.41) is 14.5. The van der Waals surface area contributed by atoms with Crippen LogP contribution in [-0.4, -0.2) is 49.9 Å². The summed E-state index contributed by atoms with van der Waals surface area (Å²) in [4.78, 5) is 17.4. The van der Waals surface area contributed by atoms with Gasteiger partial charge in [-0.25, -0.2) is 4.79 Å². The van der Waals surface area contributed by atoms with Crippen LogP contribution in [0.5, 0.6) is 6.01 Å². The molecule has 5 rings (SSSR count). The van der Waals surface area contributed by atoms with Gasteiger partial charge in [-0.2, -0.15) is 10.2 Å². The van der Waals surface area contributed by atoms with Crippen molar-refractivity contribution in [2.24, 2.45) is 0 Å². The van der Waals surface area contributed by atoms with Crippen LogP contribution in [0.1, 0.15) is 35.7 Å². The quantitative estimate of drug-likeness (QED) is 0.241. The molecular formula is C27H26N6O3. The van der Waals surface area contributed by atoms with Crippen LogP contribution in [0.4, 0.5) is 0 Å². The highest BCUT2D eigenvalue weighted by Gasteiger charge is 2.22. The van der Waals surface area contributed by atoms with Gasteiger partial charge >= 0.3 is 12.0 Å². The van der Waals surface area contributed by atoms with Gasteiger partial charge in [0.2, 0.25) is 5.82 Å². The van der Waals surface area contributed by atoms with Crippen molar-refractivity contribution in [1.29, 1.82) is 0 Å². The van der Waals surface area contributed by atoms with E-state index >= 15 is 0 Å². The first kappa shape index (κ1) is 23.2. The number of esters is 1. The molecule has 0 saturated carbocycles. The van der Waals surface area contributed by atoms with Crippen molar-refractivity contribution in [2.75, 3.05) is 13.7 Å². The van der Waals surface area contributed by atoms with Crippen LogP contribution in [0.2, 0.25) is 0 Å². The first-order valence-corrected chi connectivity index (χ1v) is 11.8. The fourth-order valence-electron chi connectivity index (χ4n) is 4.20. The Morgan fingerprint density at radius 2 is 1.81 bits per heavy atom. The summed E-state index contributed by atoms with van der Waals surface area (Å²) >= 11 is 0. The molecule has 0 atom stereocenters. The maximum atomic E-state index is 12.7. The summed E-state index contributed by atoms with van der Waals surface area (Å²) in [5.74, 6) is 0.104. The Balaban J connectivity index is 1.64. The molecule has 0 aliphatic carbocycles. The van der Waals surface area contributed by atoms with Gasteiger partial charge in [-0.05, 0) is 53.4 Å². The molecule has 0 radical (unpaired) electrons. The maximum absolute atomic E-state index is 12.7. The predicted molar refractivity (Wildman–Crippen MR) is 136 cm³/mol. The summed E-state index contributed by atoms with van der Waals surface area (Å²) in [6, 6.07) is 20.0. The second kappa shape index (κ2) is 9.99. The zero-order valence-electron chi connectivity index (χ0n) is 20.4. The van der Waals surface area contributed by atoms with Crippen molar-refractivity contribution in [1.82, 2.24) is 30.2 Å². The number of rotatable bonds is 8. The van der Waals surface area contributed by atoms with Crippen LogP contribution >= 0.6 is 0 Å². The van der Waals surface area contributed by atoms with Gasteiger partial charge in [-0.1, -0.05) is 55.8 Å². The number of H-pyrrole nitrogens is 1. The van der Waals surface area contributed by atoms with Gasteiger partial charge in [-0.15, -0.1) is 10.2 Å². The Kier molecular flexibility index (Phi) is 6.44. The summed E-state index contributed by atoms with van der Waals surface area (Å²) in [6.45, 7) is 4.61. The number of carbonyl (C=O) groups is 1. The minimum Gasteiger partial charge on any atom is -0.465 e. The number of aryl methyl sites for hydroxylation is 1. The molecule has 0 fully saturated rings. The van der Waals surface area contributed by atoms with E-state index in [1.807, 2.05) is 66.1 Å². The van der Waals surface area contributed by atoms with Gasteiger partial charge < -0.3 is 9.47 Å². The fraction of sp³-hybridized carbons (Fsp3) is 0.222. The number of hydrogen-bond donors (Lipinski definition) is 1. The van der Waals surface area contributed by atoms with E-state index in [2.05, 4.69) is 27.5 Å². The van der Waals surface area contributed by atoms with E-state index in [1.54, 1.807) is 6.07 Å². The first-order chi connectivity index (χ1) is 17.6. The van der Waals surface area contributed by atoms with Crippen molar-refractivity contribution >= 4 is 17.0 Å². The van der Waals surface area contributed by atoms with Crippen LogP contribution in [0, 0.1) is 6.92 Å². The summed E-state index contributed by atoms with van der Waals surface area (Å²) in [6.07, 6.45) is 1.90. The van der Waals surface area contributed by atoms with Gasteiger partial charge in [0.15, 0.2) is 0 Å². The number of nitrogens with zero attached hydrogens (tertiary/aromatic N) is 5. The Hall–Kier alpha value is -4.53. The van der Waals surface area contributed by atoms with Gasteiger partial charge in [0, 0.05) is 5.56 Å². The number of aromatic amines is 1. The molecule has 0 bridgehead atoms. The molecule has 2 aromatic heterocycles. The number of imidazole rings is 1. The van der Waals surface area contributed by atoms with E-state index in [1.165, 1.54) is 7.11 Å². The lowest BCUT2D eigenvalue weighted by Gasteiger charge is -2.13. The number of fused-ring (bicyclic) bond motifs is 1. The molecule has 3 aromatic carbocycles. The molecule has 0 unspecified atom stereocenters. The number of carbonyl (C=O) groups excluding carboxylic acids is 1. The second-order valence-electron chi connectivity index (χ2n) is 8.38. The van der Waals surface area contributed by atoms with Gasteiger partial charge in [0.25, 0.3) is 0 Å². The molecule has 2 heterocycles. The van der Waals surface area contributed by atoms with E-state index in [-0.39, 0.29) is 0 Å². The van der Waals surface area contributed by atoms with E-state index in [9.17, 15) is 4.79 Å².